The summed E-state index contributed by atoms with van der Waals surface area (Å²) < 4.78 is 3.94. The molecule has 1 atom stereocenters. The number of fused-ring (bicyclic) bond motifs is 1. The van der Waals surface area contributed by atoms with Crippen molar-refractivity contribution in [2.45, 2.75) is 71.5 Å². The highest BCUT2D eigenvalue weighted by Crippen LogP contribution is 2.47. The van der Waals surface area contributed by atoms with Crippen LogP contribution in [0.2, 0.25) is 0 Å². The Morgan fingerprint density at radius 1 is 1.30 bits per heavy atom. The second-order valence-corrected chi connectivity index (χ2v) is 8.28. The maximum absolute atomic E-state index is 12.7. The van der Waals surface area contributed by atoms with Crippen molar-refractivity contribution in [1.82, 2.24) is 35.2 Å². The number of carbonyl (C=O) groups excluding carboxylic acids is 1. The average Bonchev–Trinajstić information content (AvgIpc) is 3.37. The summed E-state index contributed by atoms with van der Waals surface area (Å²) in [5, 5.41) is 19.3. The van der Waals surface area contributed by atoms with Crippen LogP contribution in [-0.2, 0) is 26.6 Å². The Morgan fingerprint density at radius 3 is 2.78 bits per heavy atom. The fourth-order valence-corrected chi connectivity index (χ4v) is 4.64. The third kappa shape index (κ3) is 3.44. The van der Waals surface area contributed by atoms with Crippen molar-refractivity contribution in [3.05, 3.63) is 29.1 Å². The minimum Gasteiger partial charge on any atom is -0.331 e. The van der Waals surface area contributed by atoms with Crippen LogP contribution in [0.5, 0.6) is 0 Å². The van der Waals surface area contributed by atoms with Gasteiger partial charge in [-0.1, -0.05) is 19.8 Å². The first-order valence-corrected chi connectivity index (χ1v) is 9.92. The Morgan fingerprint density at radius 2 is 2.07 bits per heavy atom. The van der Waals surface area contributed by atoms with Gasteiger partial charge in [0.1, 0.15) is 5.82 Å². The van der Waals surface area contributed by atoms with Gasteiger partial charge >= 0.3 is 6.03 Å². The van der Waals surface area contributed by atoms with Gasteiger partial charge in [0.2, 0.25) is 0 Å². The maximum atomic E-state index is 12.7. The van der Waals surface area contributed by atoms with E-state index in [0.717, 1.165) is 55.1 Å². The molecule has 0 radical (unpaired) electrons. The van der Waals surface area contributed by atoms with Gasteiger partial charge in [-0.2, -0.15) is 5.10 Å². The number of urea groups is 1. The number of nitrogens with one attached hydrogen (secondary N) is 2. The topological polar surface area (TPSA) is 89.7 Å². The highest BCUT2D eigenvalue weighted by Gasteiger charge is 2.40. The number of aromatic nitrogens is 5. The molecular formula is C19H29N7O. The summed E-state index contributed by atoms with van der Waals surface area (Å²) in [6.07, 6.45) is 8.70. The van der Waals surface area contributed by atoms with Gasteiger partial charge < -0.3 is 15.2 Å². The van der Waals surface area contributed by atoms with Gasteiger partial charge in [-0.05, 0) is 37.2 Å². The molecule has 2 N–H and O–H groups in total. The molecule has 1 fully saturated rings. The normalized spacial score (nSPS) is 19.1. The van der Waals surface area contributed by atoms with Crippen LogP contribution in [0.4, 0.5) is 4.79 Å². The molecule has 27 heavy (non-hydrogen) atoms. The lowest BCUT2D eigenvalue weighted by atomic mass is 9.78. The van der Waals surface area contributed by atoms with Gasteiger partial charge in [-0.25, -0.2) is 4.79 Å². The quantitative estimate of drug-likeness (QED) is 0.844. The lowest BCUT2D eigenvalue weighted by Gasteiger charge is -2.34. The number of hydrogen-bond acceptors (Lipinski definition) is 4. The van der Waals surface area contributed by atoms with Crippen molar-refractivity contribution in [2.24, 2.45) is 12.5 Å². The summed E-state index contributed by atoms with van der Waals surface area (Å²) >= 11 is 0. The van der Waals surface area contributed by atoms with Crippen LogP contribution < -0.4 is 10.6 Å². The molecule has 0 spiro atoms. The molecule has 0 unspecified atom stereocenters. The molecular weight excluding hydrogens is 342 g/mol. The standard InChI is InChI=1S/C19H29N7O/c1-13-12-25(3)24-16(13)17(19(2)8-4-5-9-19)21-18(27)20-11-15-23-22-14-7-6-10-26(14)15/h12,17H,4-11H2,1-3H3,(H2,20,21,27)/t17-/m0/s1. The summed E-state index contributed by atoms with van der Waals surface area (Å²) in [5.74, 6) is 1.85. The number of carbonyl (C=O) groups is 1. The fraction of sp³-hybridized carbons (Fsp3) is 0.684. The van der Waals surface area contributed by atoms with E-state index < -0.39 is 0 Å². The van der Waals surface area contributed by atoms with Crippen molar-refractivity contribution in [3.63, 3.8) is 0 Å². The van der Waals surface area contributed by atoms with E-state index in [4.69, 9.17) is 0 Å². The molecule has 0 saturated heterocycles. The Labute approximate surface area is 159 Å². The molecule has 146 valence electrons. The first kappa shape index (κ1) is 18.0. The van der Waals surface area contributed by atoms with Gasteiger partial charge in [0.25, 0.3) is 0 Å². The Bertz CT molecular complexity index is 831. The lowest BCUT2D eigenvalue weighted by molar-refractivity contribution is 0.198. The number of nitrogens with zero attached hydrogens (tertiary/aromatic N) is 5. The molecule has 0 bridgehead atoms. The average molecular weight is 371 g/mol. The molecule has 2 aromatic heterocycles. The van der Waals surface area contributed by atoms with Crippen LogP contribution in [0.1, 0.15) is 68.0 Å². The third-order valence-corrected chi connectivity index (χ3v) is 6.13. The van der Waals surface area contributed by atoms with Gasteiger partial charge in [0, 0.05) is 26.2 Å². The molecule has 1 saturated carbocycles. The van der Waals surface area contributed by atoms with Crippen molar-refractivity contribution in [3.8, 4) is 0 Å². The Hall–Kier alpha value is -2.38. The van der Waals surface area contributed by atoms with Crippen LogP contribution in [0.25, 0.3) is 0 Å². The summed E-state index contributed by atoms with van der Waals surface area (Å²) in [5.41, 5.74) is 2.12. The minimum absolute atomic E-state index is 0.0343. The molecule has 8 nitrogen and oxygen atoms in total. The predicted octanol–water partition coefficient (Wildman–Crippen LogP) is 2.39. The molecule has 4 rings (SSSR count). The molecule has 8 heteroatoms. The number of amides is 2. The molecule has 2 aliphatic rings. The summed E-state index contributed by atoms with van der Waals surface area (Å²) in [4.78, 5) is 12.7. The van der Waals surface area contributed by atoms with Crippen molar-refractivity contribution in [2.75, 3.05) is 0 Å². The van der Waals surface area contributed by atoms with Gasteiger partial charge in [0.05, 0.1) is 18.3 Å². The van der Waals surface area contributed by atoms with Crippen LogP contribution in [0, 0.1) is 12.3 Å². The Kier molecular flexibility index (Phi) is 4.65. The van der Waals surface area contributed by atoms with E-state index >= 15 is 0 Å². The van der Waals surface area contributed by atoms with Crippen molar-refractivity contribution < 1.29 is 4.79 Å². The summed E-state index contributed by atoms with van der Waals surface area (Å²) in [6, 6.07) is -0.265. The van der Waals surface area contributed by atoms with Crippen LogP contribution >= 0.6 is 0 Å². The molecule has 0 aromatic carbocycles. The monoisotopic (exact) mass is 371 g/mol. The molecule has 2 amide bonds. The fourth-order valence-electron chi connectivity index (χ4n) is 4.64. The molecule has 3 heterocycles. The van der Waals surface area contributed by atoms with E-state index in [1.807, 2.05) is 17.9 Å². The molecule has 1 aliphatic carbocycles. The van der Waals surface area contributed by atoms with Crippen molar-refractivity contribution >= 4 is 6.03 Å². The van der Waals surface area contributed by atoms with Crippen LogP contribution in [-0.4, -0.2) is 30.6 Å². The van der Waals surface area contributed by atoms with E-state index in [-0.39, 0.29) is 17.5 Å². The summed E-state index contributed by atoms with van der Waals surface area (Å²) in [6.45, 7) is 5.66. The number of rotatable bonds is 5. The van der Waals surface area contributed by atoms with E-state index in [1.165, 1.54) is 12.8 Å². The van der Waals surface area contributed by atoms with Gasteiger partial charge in [-0.3, -0.25) is 4.68 Å². The second-order valence-electron chi connectivity index (χ2n) is 8.28. The minimum atomic E-state index is -0.173. The smallest absolute Gasteiger partial charge is 0.315 e. The van der Waals surface area contributed by atoms with Crippen LogP contribution in [0.15, 0.2) is 6.20 Å². The zero-order valence-electron chi connectivity index (χ0n) is 16.5. The largest absolute Gasteiger partial charge is 0.331 e. The second kappa shape index (κ2) is 6.98. The Balaban J connectivity index is 1.47. The molecule has 2 aromatic rings. The third-order valence-electron chi connectivity index (χ3n) is 6.13. The summed E-state index contributed by atoms with van der Waals surface area (Å²) in [7, 11) is 1.93. The van der Waals surface area contributed by atoms with Crippen LogP contribution in [0.3, 0.4) is 0 Å². The van der Waals surface area contributed by atoms with Gasteiger partial charge in [0.15, 0.2) is 5.82 Å². The SMILES string of the molecule is Cc1cn(C)nc1[C@H](NC(=O)NCc1nnc2n1CCC2)C1(C)CCCC1. The maximum Gasteiger partial charge on any atom is 0.315 e. The predicted molar refractivity (Wildman–Crippen MR) is 101 cm³/mol. The van der Waals surface area contributed by atoms with Gasteiger partial charge in [-0.15, -0.1) is 10.2 Å². The first-order valence-electron chi connectivity index (χ1n) is 9.92. The van der Waals surface area contributed by atoms with Crippen molar-refractivity contribution in [1.29, 1.82) is 0 Å². The number of aryl methyl sites for hydroxylation is 3. The zero-order valence-corrected chi connectivity index (χ0v) is 16.5. The molecule has 1 aliphatic heterocycles. The van der Waals surface area contributed by atoms with E-state index in [0.29, 0.717) is 6.54 Å². The van der Waals surface area contributed by atoms with E-state index in [2.05, 4.69) is 44.3 Å². The first-order chi connectivity index (χ1) is 13.0. The number of hydrogen-bond donors (Lipinski definition) is 2. The lowest BCUT2D eigenvalue weighted by Crippen LogP contribution is -2.44. The van der Waals surface area contributed by atoms with E-state index in [1.54, 1.807) is 0 Å². The highest BCUT2D eigenvalue weighted by molar-refractivity contribution is 5.74. The zero-order chi connectivity index (χ0) is 19.0. The highest BCUT2D eigenvalue weighted by atomic mass is 16.2. The van der Waals surface area contributed by atoms with E-state index in [9.17, 15) is 4.79 Å².